The second-order valence-electron chi connectivity index (χ2n) is 2.21. The van der Waals surface area contributed by atoms with Crippen LogP contribution in [0.1, 0.15) is 5.76 Å². The van der Waals surface area contributed by atoms with Crippen LogP contribution in [0.15, 0.2) is 10.7 Å². The van der Waals surface area contributed by atoms with E-state index >= 15 is 0 Å². The number of ether oxygens (including phenoxy) is 2. The van der Waals surface area contributed by atoms with Crippen LogP contribution in [0.2, 0.25) is 0 Å². The molecule has 1 aliphatic heterocycles. The summed E-state index contributed by atoms with van der Waals surface area (Å²) in [4.78, 5) is 0. The lowest BCUT2D eigenvalue weighted by atomic mass is 10.4. The maximum Gasteiger partial charge on any atom is 0.205 e. The van der Waals surface area contributed by atoms with Crippen molar-refractivity contribution in [1.29, 1.82) is 0 Å². The first-order valence-electron chi connectivity index (χ1n) is 3.38. The molecule has 0 aromatic carbocycles. The standard InChI is InChI=1S/C7H8O4/c8-3-5-7-6(4-11-5)9-1-2-10-7/h4,8H,1-3H2. The topological polar surface area (TPSA) is 51.8 Å². The number of furan rings is 1. The van der Waals surface area contributed by atoms with E-state index in [9.17, 15) is 0 Å². The van der Waals surface area contributed by atoms with E-state index in [2.05, 4.69) is 0 Å². The normalized spacial score (nSPS) is 15.0. The van der Waals surface area contributed by atoms with E-state index in [1.54, 1.807) is 0 Å². The molecule has 0 amide bonds. The summed E-state index contributed by atoms with van der Waals surface area (Å²) in [6.07, 6.45) is 1.44. The van der Waals surface area contributed by atoms with Gasteiger partial charge in [-0.2, -0.15) is 0 Å². The van der Waals surface area contributed by atoms with Gasteiger partial charge in [-0.3, -0.25) is 0 Å². The van der Waals surface area contributed by atoms with Crippen LogP contribution in [0.25, 0.3) is 0 Å². The van der Waals surface area contributed by atoms with Crippen molar-refractivity contribution in [2.45, 2.75) is 6.61 Å². The van der Waals surface area contributed by atoms with Gasteiger partial charge in [0, 0.05) is 0 Å². The van der Waals surface area contributed by atoms with Crippen LogP contribution in [-0.4, -0.2) is 18.3 Å². The highest BCUT2D eigenvalue weighted by Crippen LogP contribution is 2.35. The lowest BCUT2D eigenvalue weighted by Crippen LogP contribution is -2.14. The molecular weight excluding hydrogens is 148 g/mol. The van der Waals surface area contributed by atoms with Gasteiger partial charge in [-0.15, -0.1) is 0 Å². The molecular formula is C7H8O4. The number of fused-ring (bicyclic) bond motifs is 1. The molecule has 2 rings (SSSR count). The first-order valence-corrected chi connectivity index (χ1v) is 3.38. The molecule has 0 saturated carbocycles. The number of rotatable bonds is 1. The molecule has 1 aromatic heterocycles. The summed E-state index contributed by atoms with van der Waals surface area (Å²) in [6, 6.07) is 0. The van der Waals surface area contributed by atoms with Gasteiger partial charge < -0.3 is 19.0 Å². The smallest absolute Gasteiger partial charge is 0.205 e. The zero-order valence-electron chi connectivity index (χ0n) is 5.87. The van der Waals surface area contributed by atoms with Crippen molar-refractivity contribution in [3.8, 4) is 11.5 Å². The average Bonchev–Trinajstić information content (AvgIpc) is 2.47. The Labute approximate surface area is 63.3 Å². The fourth-order valence-corrected chi connectivity index (χ4v) is 1.02. The van der Waals surface area contributed by atoms with Crippen molar-refractivity contribution in [3.05, 3.63) is 12.0 Å². The predicted octanol–water partition coefficient (Wildman–Crippen LogP) is 0.543. The molecule has 1 N–H and O–H groups in total. The molecule has 0 aliphatic carbocycles. The summed E-state index contributed by atoms with van der Waals surface area (Å²) >= 11 is 0. The maximum atomic E-state index is 8.75. The fourth-order valence-electron chi connectivity index (χ4n) is 1.02. The summed E-state index contributed by atoms with van der Waals surface area (Å²) in [5, 5.41) is 8.75. The first kappa shape index (κ1) is 6.54. The second kappa shape index (κ2) is 2.47. The minimum Gasteiger partial charge on any atom is -0.483 e. The Kier molecular flexibility index (Phi) is 1.47. The zero-order chi connectivity index (χ0) is 7.68. The summed E-state index contributed by atoms with van der Waals surface area (Å²) in [5.74, 6) is 1.55. The molecule has 0 unspecified atom stereocenters. The van der Waals surface area contributed by atoms with Crippen molar-refractivity contribution < 1.29 is 19.0 Å². The Hall–Kier alpha value is -1.16. The third-order valence-corrected chi connectivity index (χ3v) is 1.52. The highest BCUT2D eigenvalue weighted by atomic mass is 16.6. The van der Waals surface area contributed by atoms with Crippen LogP contribution in [0.5, 0.6) is 11.5 Å². The highest BCUT2D eigenvalue weighted by Gasteiger charge is 2.19. The van der Waals surface area contributed by atoms with Gasteiger partial charge >= 0.3 is 0 Å². The monoisotopic (exact) mass is 156 g/mol. The molecule has 60 valence electrons. The minimum absolute atomic E-state index is 0.154. The van der Waals surface area contributed by atoms with E-state index in [-0.39, 0.29) is 6.61 Å². The maximum absolute atomic E-state index is 8.75. The largest absolute Gasteiger partial charge is 0.483 e. The quantitative estimate of drug-likeness (QED) is 0.644. The molecule has 0 saturated heterocycles. The van der Waals surface area contributed by atoms with Gasteiger partial charge in [0.2, 0.25) is 5.75 Å². The molecule has 11 heavy (non-hydrogen) atoms. The van der Waals surface area contributed by atoms with E-state index in [1.165, 1.54) is 6.26 Å². The Morgan fingerprint density at radius 2 is 2.18 bits per heavy atom. The molecule has 0 atom stereocenters. The lowest BCUT2D eigenvalue weighted by molar-refractivity contribution is 0.166. The van der Waals surface area contributed by atoms with Crippen LogP contribution >= 0.6 is 0 Å². The Morgan fingerprint density at radius 1 is 1.36 bits per heavy atom. The van der Waals surface area contributed by atoms with Crippen LogP contribution in [0.3, 0.4) is 0 Å². The summed E-state index contributed by atoms with van der Waals surface area (Å²) in [7, 11) is 0. The molecule has 0 radical (unpaired) electrons. The van der Waals surface area contributed by atoms with Crippen molar-refractivity contribution in [3.63, 3.8) is 0 Å². The van der Waals surface area contributed by atoms with Gasteiger partial charge in [0.05, 0.1) is 0 Å². The van der Waals surface area contributed by atoms with Gasteiger partial charge in [-0.05, 0) is 0 Å². The van der Waals surface area contributed by atoms with E-state index in [0.717, 1.165) is 0 Å². The van der Waals surface area contributed by atoms with Gasteiger partial charge in [0.25, 0.3) is 0 Å². The molecule has 4 nitrogen and oxygen atoms in total. The van der Waals surface area contributed by atoms with E-state index in [1.807, 2.05) is 0 Å². The van der Waals surface area contributed by atoms with Crippen LogP contribution in [-0.2, 0) is 6.61 Å². The Morgan fingerprint density at radius 3 is 3.00 bits per heavy atom. The van der Waals surface area contributed by atoms with Crippen molar-refractivity contribution >= 4 is 0 Å². The molecule has 4 heteroatoms. The SMILES string of the molecule is OCc1occ2c1OCCO2. The zero-order valence-corrected chi connectivity index (χ0v) is 5.87. The number of hydrogen-bond acceptors (Lipinski definition) is 4. The second-order valence-corrected chi connectivity index (χ2v) is 2.21. The third kappa shape index (κ3) is 0.952. The van der Waals surface area contributed by atoms with E-state index in [0.29, 0.717) is 30.5 Å². The Bertz CT molecular complexity index is 239. The van der Waals surface area contributed by atoms with Gasteiger partial charge in [-0.1, -0.05) is 0 Å². The Balaban J connectivity index is 2.38. The van der Waals surface area contributed by atoms with Crippen molar-refractivity contribution in [2.75, 3.05) is 13.2 Å². The fraction of sp³-hybridized carbons (Fsp3) is 0.429. The predicted molar refractivity (Wildman–Crippen MR) is 35.6 cm³/mol. The first-order chi connectivity index (χ1) is 5.42. The highest BCUT2D eigenvalue weighted by molar-refractivity contribution is 5.41. The molecule has 1 aliphatic rings. The lowest BCUT2D eigenvalue weighted by Gasteiger charge is -2.13. The van der Waals surface area contributed by atoms with Crippen molar-refractivity contribution in [2.24, 2.45) is 0 Å². The molecule has 0 spiro atoms. The average molecular weight is 156 g/mol. The van der Waals surface area contributed by atoms with Crippen LogP contribution < -0.4 is 9.47 Å². The number of aliphatic hydroxyl groups excluding tert-OH is 1. The third-order valence-electron chi connectivity index (χ3n) is 1.52. The molecule has 1 aromatic rings. The number of hydrogen-bond donors (Lipinski definition) is 1. The van der Waals surface area contributed by atoms with Crippen molar-refractivity contribution in [1.82, 2.24) is 0 Å². The minimum atomic E-state index is -0.154. The van der Waals surface area contributed by atoms with E-state index in [4.69, 9.17) is 19.0 Å². The van der Waals surface area contributed by atoms with Gasteiger partial charge in [0.1, 0.15) is 26.1 Å². The molecule has 0 fully saturated rings. The molecule has 2 heterocycles. The molecule has 0 bridgehead atoms. The summed E-state index contributed by atoms with van der Waals surface area (Å²) < 4.78 is 15.3. The summed E-state index contributed by atoms with van der Waals surface area (Å²) in [5.41, 5.74) is 0. The van der Waals surface area contributed by atoms with Gasteiger partial charge in [-0.25, -0.2) is 0 Å². The van der Waals surface area contributed by atoms with E-state index < -0.39 is 0 Å². The van der Waals surface area contributed by atoms with Crippen LogP contribution in [0.4, 0.5) is 0 Å². The van der Waals surface area contributed by atoms with Gasteiger partial charge in [0.15, 0.2) is 11.5 Å². The number of aliphatic hydroxyl groups is 1. The summed E-state index contributed by atoms with van der Waals surface area (Å²) in [6.45, 7) is 0.898. The van der Waals surface area contributed by atoms with Crippen LogP contribution in [0, 0.1) is 0 Å².